The molecule has 296 valence electrons. The van der Waals surface area contributed by atoms with Crippen molar-refractivity contribution >= 4 is 52.9 Å². The molecule has 0 radical (unpaired) electrons. The Morgan fingerprint density at radius 2 is 1.91 bits per heavy atom. The number of hydrogen-bond acceptors (Lipinski definition) is 11. The predicted octanol–water partition coefficient (Wildman–Crippen LogP) is 5.27. The van der Waals surface area contributed by atoms with Gasteiger partial charge in [-0.05, 0) is 63.0 Å². The second kappa shape index (κ2) is 17.6. The topological polar surface area (TPSA) is 156 Å². The number of carbonyl (C=O) groups excluding carboxylic acids is 4. The molecule has 4 rings (SSSR count). The lowest BCUT2D eigenvalue weighted by Crippen LogP contribution is -2.64. The number of likely N-dealkylation sites (N-methyl/N-ethyl adjacent to an activating group) is 1. The molecule has 2 N–H and O–H groups in total. The standard InChI is InChI=1S/C38H56ClN3O10S/c1-21(2)53-15-14-31(43)41(7)24(5)35(45)51-30-19-32(44)42(8)26-17-25(18-27(48-9)33(26)39)16-22(3)12-11-13-29(49-10)38(47)20-28(50-36(46)40-38)23(4)34-37(30,6)52-34/h12,17-18,21,23-24,28-30,34,47H,11,13-16,19-20H2,1-10H3,(H,40,46)/b22-12+/t23-,24+,28+,29-,30-,34?,37+,38+/m1/s1. The number of halogens is 1. The van der Waals surface area contributed by atoms with Crippen LogP contribution in [0.5, 0.6) is 5.75 Å². The lowest BCUT2D eigenvalue weighted by atomic mass is 9.83. The van der Waals surface area contributed by atoms with Crippen LogP contribution >= 0.6 is 23.4 Å². The molecular formula is C38H56ClN3O10S. The van der Waals surface area contributed by atoms with Crippen LogP contribution < -0.4 is 15.0 Å². The van der Waals surface area contributed by atoms with E-state index in [0.29, 0.717) is 41.7 Å². The molecule has 0 spiro atoms. The van der Waals surface area contributed by atoms with Crippen LogP contribution in [0.4, 0.5) is 10.5 Å². The molecule has 3 amide bonds. The van der Waals surface area contributed by atoms with Gasteiger partial charge in [-0.3, -0.25) is 14.9 Å². The minimum Gasteiger partial charge on any atom is -0.495 e. The van der Waals surface area contributed by atoms with E-state index in [1.54, 1.807) is 39.7 Å². The summed E-state index contributed by atoms with van der Waals surface area (Å²) in [5.41, 5.74) is -0.644. The van der Waals surface area contributed by atoms with Crippen molar-refractivity contribution in [3.05, 3.63) is 34.4 Å². The molecule has 0 aromatic heterocycles. The SMILES string of the molecule is COc1cc2cc(c1Cl)N(C)C(=O)C[C@@H](OC(=O)[C@H](C)N(C)C(=O)CCSC(C)C)[C@]1(C)OC1[C@H](C)[C@@H]1C[C@@](O)(NC(=O)O1)[C@H](OC)CC/C=C(\C)C2. The molecule has 0 aliphatic carbocycles. The fourth-order valence-corrected chi connectivity index (χ4v) is 8.17. The van der Waals surface area contributed by atoms with Gasteiger partial charge in [0.25, 0.3) is 0 Å². The second-order valence-electron chi connectivity index (χ2n) is 14.9. The molecule has 1 unspecified atom stereocenters. The van der Waals surface area contributed by atoms with Gasteiger partial charge >= 0.3 is 12.1 Å². The number of alkyl carbamates (subject to hydrolysis) is 1. The van der Waals surface area contributed by atoms with Crippen LogP contribution in [0.1, 0.15) is 79.2 Å². The number of hydrogen-bond donors (Lipinski definition) is 2. The number of amides is 3. The highest BCUT2D eigenvalue weighted by Gasteiger charge is 2.64. The van der Waals surface area contributed by atoms with E-state index in [0.717, 1.165) is 11.1 Å². The van der Waals surface area contributed by atoms with Crippen molar-refractivity contribution in [1.82, 2.24) is 10.2 Å². The number of allylic oxidation sites excluding steroid dienone is 2. The van der Waals surface area contributed by atoms with E-state index in [9.17, 15) is 24.3 Å². The summed E-state index contributed by atoms with van der Waals surface area (Å²) in [5.74, 6) is -0.806. The Morgan fingerprint density at radius 3 is 2.55 bits per heavy atom. The number of nitrogens with zero attached hydrogens (tertiary/aromatic N) is 2. The van der Waals surface area contributed by atoms with Crippen molar-refractivity contribution in [1.29, 1.82) is 0 Å². The van der Waals surface area contributed by atoms with Crippen molar-refractivity contribution in [3.8, 4) is 5.75 Å². The number of fused-ring (bicyclic) bond motifs is 5. The van der Waals surface area contributed by atoms with Gasteiger partial charge < -0.3 is 38.6 Å². The van der Waals surface area contributed by atoms with E-state index in [2.05, 4.69) is 19.2 Å². The second-order valence-corrected chi connectivity index (χ2v) is 16.9. The minimum absolute atomic E-state index is 0.00629. The predicted molar refractivity (Wildman–Crippen MR) is 203 cm³/mol. The zero-order valence-electron chi connectivity index (χ0n) is 32.5. The number of carbonyl (C=O) groups is 4. The van der Waals surface area contributed by atoms with Crippen LogP contribution in [0.2, 0.25) is 5.02 Å². The van der Waals surface area contributed by atoms with Crippen LogP contribution in [-0.2, 0) is 39.8 Å². The molecule has 8 atom stereocenters. The Bertz CT molecular complexity index is 1560. The minimum atomic E-state index is -1.73. The molecule has 1 aromatic carbocycles. The van der Waals surface area contributed by atoms with E-state index in [1.807, 2.05) is 32.1 Å². The molecular weight excluding hydrogens is 726 g/mol. The van der Waals surface area contributed by atoms with Gasteiger partial charge in [-0.25, -0.2) is 9.59 Å². The summed E-state index contributed by atoms with van der Waals surface area (Å²) in [7, 11) is 6.14. The zero-order chi connectivity index (χ0) is 39.4. The highest BCUT2D eigenvalue weighted by atomic mass is 35.5. The van der Waals surface area contributed by atoms with E-state index in [1.165, 1.54) is 24.0 Å². The fraction of sp³-hybridized carbons (Fsp3) is 0.684. The van der Waals surface area contributed by atoms with Crippen LogP contribution in [0, 0.1) is 5.92 Å². The first-order valence-corrected chi connectivity index (χ1v) is 19.6. The third kappa shape index (κ3) is 9.99. The number of esters is 1. The summed E-state index contributed by atoms with van der Waals surface area (Å²) < 4.78 is 29.4. The molecule has 2 saturated heterocycles. The van der Waals surface area contributed by atoms with Crippen LogP contribution in [0.3, 0.4) is 0 Å². The van der Waals surface area contributed by atoms with Gasteiger partial charge in [-0.2, -0.15) is 11.8 Å². The normalized spacial score (nSPS) is 31.0. The third-order valence-electron chi connectivity index (χ3n) is 10.6. The van der Waals surface area contributed by atoms with Gasteiger partial charge in [0.2, 0.25) is 11.8 Å². The Labute approximate surface area is 322 Å². The Hall–Kier alpha value is -3.04. The number of nitrogens with one attached hydrogen (secondary N) is 1. The Balaban J connectivity index is 1.71. The number of ether oxygens (including phenoxy) is 5. The molecule has 1 aromatic rings. The summed E-state index contributed by atoms with van der Waals surface area (Å²) in [6.07, 6.45) is -0.617. The molecule has 2 fully saturated rings. The molecule has 3 aliphatic heterocycles. The number of benzene rings is 1. The van der Waals surface area contributed by atoms with Crippen molar-refractivity contribution < 1.29 is 48.0 Å². The van der Waals surface area contributed by atoms with Gasteiger partial charge in [-0.1, -0.05) is 44.0 Å². The van der Waals surface area contributed by atoms with Gasteiger partial charge in [0.1, 0.15) is 40.7 Å². The molecule has 53 heavy (non-hydrogen) atoms. The molecule has 13 nitrogen and oxygen atoms in total. The fourth-order valence-electron chi connectivity index (χ4n) is 7.09. The first-order valence-electron chi connectivity index (χ1n) is 18.1. The van der Waals surface area contributed by atoms with Crippen molar-refractivity contribution in [3.63, 3.8) is 0 Å². The first kappa shape index (κ1) is 42.7. The van der Waals surface area contributed by atoms with Crippen LogP contribution in [-0.4, -0.2) is 115 Å². The van der Waals surface area contributed by atoms with Crippen molar-refractivity contribution in [2.45, 2.75) is 127 Å². The summed E-state index contributed by atoms with van der Waals surface area (Å²) in [6.45, 7) is 11.2. The average molecular weight is 782 g/mol. The molecule has 4 bridgehead atoms. The lowest BCUT2D eigenvalue weighted by Gasteiger charge is -2.43. The maximum atomic E-state index is 14.1. The number of rotatable bonds is 9. The molecule has 3 heterocycles. The highest BCUT2D eigenvalue weighted by molar-refractivity contribution is 7.99. The quantitative estimate of drug-likeness (QED) is 0.191. The van der Waals surface area contributed by atoms with Crippen molar-refractivity contribution in [2.75, 3.05) is 39.0 Å². The molecule has 3 aliphatic rings. The zero-order valence-corrected chi connectivity index (χ0v) is 34.1. The summed E-state index contributed by atoms with van der Waals surface area (Å²) >= 11 is 8.43. The van der Waals surface area contributed by atoms with Crippen LogP contribution in [0.15, 0.2) is 23.8 Å². The van der Waals surface area contributed by atoms with E-state index in [-0.39, 0.29) is 30.2 Å². The summed E-state index contributed by atoms with van der Waals surface area (Å²) in [5, 5.41) is 15.0. The van der Waals surface area contributed by atoms with E-state index in [4.69, 9.17) is 35.3 Å². The van der Waals surface area contributed by atoms with Crippen LogP contribution in [0.25, 0.3) is 0 Å². The molecule has 0 saturated carbocycles. The third-order valence-corrected chi connectivity index (χ3v) is 12.1. The van der Waals surface area contributed by atoms with E-state index < -0.39 is 65.7 Å². The number of methoxy groups -OCH3 is 2. The smallest absolute Gasteiger partial charge is 0.409 e. The monoisotopic (exact) mass is 781 g/mol. The van der Waals surface area contributed by atoms with E-state index >= 15 is 0 Å². The number of anilines is 1. The van der Waals surface area contributed by atoms with Crippen molar-refractivity contribution in [2.24, 2.45) is 5.92 Å². The molecule has 15 heteroatoms. The highest BCUT2D eigenvalue weighted by Crippen LogP contribution is 2.49. The number of aliphatic hydroxyl groups is 1. The van der Waals surface area contributed by atoms with Gasteiger partial charge in [0.05, 0.1) is 25.3 Å². The summed E-state index contributed by atoms with van der Waals surface area (Å²) in [4.78, 5) is 56.5. The number of epoxide rings is 1. The van der Waals surface area contributed by atoms with Gasteiger partial charge in [0, 0.05) is 45.7 Å². The summed E-state index contributed by atoms with van der Waals surface area (Å²) in [6, 6.07) is 2.69. The number of thioether (sulfide) groups is 1. The largest absolute Gasteiger partial charge is 0.495 e. The van der Waals surface area contributed by atoms with Gasteiger partial charge in [-0.15, -0.1) is 0 Å². The lowest BCUT2D eigenvalue weighted by molar-refractivity contribution is -0.162. The van der Waals surface area contributed by atoms with Gasteiger partial charge in [0.15, 0.2) is 5.72 Å². The Morgan fingerprint density at radius 1 is 1.21 bits per heavy atom. The maximum absolute atomic E-state index is 14.1. The average Bonchev–Trinajstić information content (AvgIpc) is 3.79. The first-order chi connectivity index (χ1) is 24.8. The Kier molecular flexibility index (Phi) is 14.2. The maximum Gasteiger partial charge on any atom is 0.409 e.